The van der Waals surface area contributed by atoms with Crippen molar-refractivity contribution >= 4 is 0 Å². The van der Waals surface area contributed by atoms with Crippen LogP contribution in [-0.2, 0) is 13.5 Å². The van der Waals surface area contributed by atoms with Gasteiger partial charge in [0.2, 0.25) is 5.69 Å². The van der Waals surface area contributed by atoms with Gasteiger partial charge in [-0.1, -0.05) is 18.2 Å². The molecule has 0 saturated heterocycles. The van der Waals surface area contributed by atoms with E-state index in [0.717, 1.165) is 12.2 Å². The van der Waals surface area contributed by atoms with Crippen LogP contribution < -0.4 is 4.57 Å². The molecule has 0 fully saturated rings. The molecule has 0 aliphatic carbocycles. The fourth-order valence-corrected chi connectivity index (χ4v) is 3.02. The third kappa shape index (κ3) is 1.53. The van der Waals surface area contributed by atoms with E-state index in [1.807, 2.05) is 12.4 Å². The van der Waals surface area contributed by atoms with Crippen LogP contribution in [-0.4, -0.2) is 9.55 Å². The second kappa shape index (κ2) is 4.04. The average molecular weight is 262 g/mol. The molecule has 1 aromatic carbocycles. The van der Waals surface area contributed by atoms with Crippen LogP contribution in [0.2, 0.25) is 0 Å². The number of nitrogens with zero attached hydrogens (tertiary/aromatic N) is 3. The summed E-state index contributed by atoms with van der Waals surface area (Å²) >= 11 is 0. The molecule has 20 heavy (non-hydrogen) atoms. The van der Waals surface area contributed by atoms with Gasteiger partial charge < -0.3 is 0 Å². The average Bonchev–Trinajstić information content (AvgIpc) is 3.00. The Hall–Kier alpha value is -2.42. The third-order valence-electron chi connectivity index (χ3n) is 4.08. The van der Waals surface area contributed by atoms with Crippen molar-refractivity contribution in [1.29, 1.82) is 0 Å². The Morgan fingerprint density at radius 2 is 2.10 bits per heavy atom. The van der Waals surface area contributed by atoms with Gasteiger partial charge in [0.1, 0.15) is 18.6 Å². The van der Waals surface area contributed by atoms with Gasteiger partial charge in [0, 0.05) is 30.4 Å². The summed E-state index contributed by atoms with van der Waals surface area (Å²) in [6.45, 7) is 2.16. The van der Waals surface area contributed by atoms with Gasteiger partial charge in [-0.05, 0) is 24.1 Å². The number of imidazole rings is 1. The summed E-state index contributed by atoms with van der Waals surface area (Å²) in [4.78, 5) is 4.41. The summed E-state index contributed by atoms with van der Waals surface area (Å²) in [5.74, 6) is 1.13. The zero-order valence-corrected chi connectivity index (χ0v) is 11.7. The lowest BCUT2D eigenvalue weighted by Crippen LogP contribution is -2.31. The van der Waals surface area contributed by atoms with Crippen LogP contribution in [0.4, 0.5) is 0 Å². The van der Waals surface area contributed by atoms with Crippen molar-refractivity contribution in [1.82, 2.24) is 9.55 Å². The quantitative estimate of drug-likeness (QED) is 0.483. The van der Waals surface area contributed by atoms with Gasteiger partial charge in [-0.25, -0.2) is 4.98 Å². The lowest BCUT2D eigenvalue weighted by atomic mass is 10.0. The highest BCUT2D eigenvalue weighted by Crippen LogP contribution is 2.29. The Bertz CT molecular complexity index is 815. The minimum absolute atomic E-state index is 0.919. The molecule has 3 heteroatoms. The molecular formula is C17H16N3+. The van der Waals surface area contributed by atoms with Crippen LogP contribution in [0.15, 0.2) is 48.9 Å². The van der Waals surface area contributed by atoms with Gasteiger partial charge >= 0.3 is 0 Å². The summed E-state index contributed by atoms with van der Waals surface area (Å²) in [6, 6.07) is 10.8. The summed E-state index contributed by atoms with van der Waals surface area (Å²) < 4.78 is 4.38. The number of fused-ring (bicyclic) bond motifs is 3. The lowest BCUT2D eigenvalue weighted by molar-refractivity contribution is -0.660. The zero-order valence-electron chi connectivity index (χ0n) is 11.7. The fraction of sp³-hybridized carbons (Fsp3) is 0.176. The molecule has 4 rings (SSSR count). The van der Waals surface area contributed by atoms with E-state index in [1.54, 1.807) is 0 Å². The van der Waals surface area contributed by atoms with E-state index >= 15 is 0 Å². The first-order valence-electron chi connectivity index (χ1n) is 6.85. The molecule has 2 aromatic heterocycles. The van der Waals surface area contributed by atoms with Crippen molar-refractivity contribution in [2.75, 3.05) is 0 Å². The third-order valence-corrected chi connectivity index (χ3v) is 4.08. The van der Waals surface area contributed by atoms with E-state index < -0.39 is 0 Å². The van der Waals surface area contributed by atoms with E-state index in [9.17, 15) is 0 Å². The number of pyridine rings is 1. The molecule has 1 aliphatic rings. The van der Waals surface area contributed by atoms with Gasteiger partial charge in [-0.2, -0.15) is 4.57 Å². The number of hydrogen-bond donors (Lipinski definition) is 0. The van der Waals surface area contributed by atoms with Crippen molar-refractivity contribution < 1.29 is 4.57 Å². The molecule has 0 spiro atoms. The van der Waals surface area contributed by atoms with Crippen LogP contribution in [0.3, 0.4) is 0 Å². The number of rotatable bonds is 1. The standard InChI is InChI=1S/C17H16N3/c1-12-5-3-4-6-14(12)15-9-13-10-17-18-7-8-20(17)16(13)11-19(15)2/h3-9,11H,10H2,1-2H3/q+1. The molecule has 0 unspecified atom stereocenters. The number of hydrogen-bond acceptors (Lipinski definition) is 1. The molecule has 3 heterocycles. The SMILES string of the molecule is Cc1ccccc1-c1cc2c(c[n+]1C)-n1ccnc1C2. The minimum atomic E-state index is 0.919. The van der Waals surface area contributed by atoms with Crippen LogP contribution in [0.25, 0.3) is 16.9 Å². The predicted octanol–water partition coefficient (Wildman–Crippen LogP) is 2.58. The van der Waals surface area contributed by atoms with Crippen molar-refractivity contribution in [3.05, 3.63) is 65.9 Å². The number of aromatic nitrogens is 3. The first kappa shape index (κ1) is 11.4. The molecule has 0 radical (unpaired) electrons. The second-order valence-corrected chi connectivity index (χ2v) is 5.39. The lowest BCUT2D eigenvalue weighted by Gasteiger charge is -2.07. The normalized spacial score (nSPS) is 12.3. The summed E-state index contributed by atoms with van der Waals surface area (Å²) in [7, 11) is 2.11. The monoisotopic (exact) mass is 262 g/mol. The first-order chi connectivity index (χ1) is 9.74. The zero-order chi connectivity index (χ0) is 13.7. The maximum atomic E-state index is 4.41. The Kier molecular flexibility index (Phi) is 2.30. The molecule has 0 atom stereocenters. The minimum Gasteiger partial charge on any atom is -0.298 e. The first-order valence-corrected chi connectivity index (χ1v) is 6.85. The molecule has 1 aliphatic heterocycles. The van der Waals surface area contributed by atoms with Crippen LogP contribution in [0.1, 0.15) is 17.0 Å². The maximum absolute atomic E-state index is 4.41. The molecule has 3 aromatic rings. The second-order valence-electron chi connectivity index (χ2n) is 5.39. The fourth-order valence-electron chi connectivity index (χ4n) is 3.02. The van der Waals surface area contributed by atoms with Gasteiger partial charge in [-0.3, -0.25) is 4.57 Å². The largest absolute Gasteiger partial charge is 0.298 e. The Balaban J connectivity index is 1.92. The molecule has 0 N–H and O–H groups in total. The van der Waals surface area contributed by atoms with Gasteiger partial charge in [0.05, 0.1) is 0 Å². The van der Waals surface area contributed by atoms with Crippen LogP contribution in [0, 0.1) is 6.92 Å². The van der Waals surface area contributed by atoms with Gasteiger partial charge in [-0.15, -0.1) is 0 Å². The van der Waals surface area contributed by atoms with Crippen molar-refractivity contribution in [2.45, 2.75) is 13.3 Å². The van der Waals surface area contributed by atoms with E-state index in [0.29, 0.717) is 0 Å². The Morgan fingerprint density at radius 1 is 1.25 bits per heavy atom. The highest BCUT2D eigenvalue weighted by molar-refractivity contribution is 5.63. The van der Waals surface area contributed by atoms with Crippen molar-refractivity contribution in [3.8, 4) is 16.9 Å². The number of benzene rings is 1. The highest BCUT2D eigenvalue weighted by atomic mass is 15.1. The molecule has 0 bridgehead atoms. The van der Waals surface area contributed by atoms with Crippen molar-refractivity contribution in [3.63, 3.8) is 0 Å². The topological polar surface area (TPSA) is 21.7 Å². The van der Waals surface area contributed by atoms with Gasteiger partial charge in [0.15, 0.2) is 6.20 Å². The van der Waals surface area contributed by atoms with Crippen LogP contribution >= 0.6 is 0 Å². The maximum Gasteiger partial charge on any atom is 0.212 e. The van der Waals surface area contributed by atoms with E-state index in [4.69, 9.17) is 0 Å². The van der Waals surface area contributed by atoms with Crippen molar-refractivity contribution in [2.24, 2.45) is 7.05 Å². The molecular weight excluding hydrogens is 246 g/mol. The molecule has 0 saturated carbocycles. The van der Waals surface area contributed by atoms with Gasteiger partial charge in [0.25, 0.3) is 0 Å². The summed E-state index contributed by atoms with van der Waals surface area (Å²) in [5, 5.41) is 0. The van der Waals surface area contributed by atoms with Crippen LogP contribution in [0.5, 0.6) is 0 Å². The number of aryl methyl sites for hydroxylation is 2. The Labute approximate surface area is 118 Å². The molecule has 3 nitrogen and oxygen atoms in total. The highest BCUT2D eigenvalue weighted by Gasteiger charge is 2.24. The molecule has 98 valence electrons. The molecule has 0 amide bonds. The summed E-state index contributed by atoms with van der Waals surface area (Å²) in [6.07, 6.45) is 7.03. The van der Waals surface area contributed by atoms with E-state index in [-0.39, 0.29) is 0 Å². The predicted molar refractivity (Wildman–Crippen MR) is 77.7 cm³/mol. The van der Waals surface area contributed by atoms with E-state index in [1.165, 1.54) is 28.1 Å². The smallest absolute Gasteiger partial charge is 0.212 e. The van der Waals surface area contributed by atoms with E-state index in [2.05, 4.69) is 64.6 Å². The Morgan fingerprint density at radius 3 is 2.95 bits per heavy atom. The summed E-state index contributed by atoms with van der Waals surface area (Å²) in [5.41, 5.74) is 6.45.